The van der Waals surface area contributed by atoms with Crippen molar-refractivity contribution in [1.82, 2.24) is 0 Å². The van der Waals surface area contributed by atoms with Crippen LogP contribution in [0.3, 0.4) is 0 Å². The monoisotopic (exact) mass is 276 g/mol. The average Bonchev–Trinajstić information content (AvgIpc) is 2.13. The summed E-state index contributed by atoms with van der Waals surface area (Å²) in [4.78, 5) is 0. The van der Waals surface area contributed by atoms with Gasteiger partial charge in [0.1, 0.15) is 0 Å². The summed E-state index contributed by atoms with van der Waals surface area (Å²) in [6.07, 6.45) is -4.43. The summed E-state index contributed by atoms with van der Waals surface area (Å²) in [6.45, 7) is 8.07. The molecule has 0 bridgehead atoms. The number of hydrogen-bond donors (Lipinski definition) is 0. The molecule has 5 heteroatoms. The Morgan fingerprint density at radius 3 is 1.94 bits per heavy atom. The lowest BCUT2D eigenvalue weighted by Gasteiger charge is -2.38. The molecule has 0 amide bonds. The molecule has 0 aromatic heterocycles. The van der Waals surface area contributed by atoms with Crippen LogP contribution in [0.4, 0.5) is 13.2 Å². The second kappa shape index (κ2) is 4.70. The maximum Gasteiger partial charge on any atom is 0.420 e. The molecule has 1 atom stereocenters. The largest absolute Gasteiger partial charge is 0.420 e. The van der Waals surface area contributed by atoms with E-state index in [0.29, 0.717) is 5.56 Å². The number of alkyl halides is 3. The van der Waals surface area contributed by atoms with Gasteiger partial charge in [-0.05, 0) is 44.6 Å². The molecule has 0 heterocycles. The molecule has 0 aliphatic rings. The molecule has 0 saturated heterocycles. The summed E-state index contributed by atoms with van der Waals surface area (Å²) >= 11 is 0. The molecule has 1 rings (SSSR count). The van der Waals surface area contributed by atoms with E-state index >= 15 is 0 Å². The Labute approximate surface area is 107 Å². The van der Waals surface area contributed by atoms with Gasteiger partial charge in [-0.3, -0.25) is 0 Å². The van der Waals surface area contributed by atoms with Crippen LogP contribution in [0, 0.1) is 6.92 Å². The zero-order valence-corrected chi connectivity index (χ0v) is 12.4. The molecule has 1 aromatic carbocycles. The van der Waals surface area contributed by atoms with Crippen LogP contribution in [0.15, 0.2) is 24.3 Å². The normalized spacial score (nSPS) is 16.4. The van der Waals surface area contributed by atoms with Crippen molar-refractivity contribution in [2.75, 3.05) is 0 Å². The van der Waals surface area contributed by atoms with E-state index in [1.807, 2.05) is 0 Å². The molecule has 1 aromatic rings. The van der Waals surface area contributed by atoms with Crippen molar-refractivity contribution in [1.29, 1.82) is 0 Å². The highest BCUT2D eigenvalue weighted by Crippen LogP contribution is 2.44. The molecule has 0 N–H and O–H groups in total. The van der Waals surface area contributed by atoms with Gasteiger partial charge in [0, 0.05) is 0 Å². The molecule has 0 aliphatic carbocycles. The van der Waals surface area contributed by atoms with Crippen molar-refractivity contribution in [2.24, 2.45) is 0 Å². The average molecular weight is 276 g/mol. The Balaban J connectivity index is 3.35. The van der Waals surface area contributed by atoms with Gasteiger partial charge < -0.3 is 4.43 Å². The van der Waals surface area contributed by atoms with E-state index in [0.717, 1.165) is 6.92 Å². The Morgan fingerprint density at radius 1 is 1.06 bits per heavy atom. The predicted octanol–water partition coefficient (Wildman–Crippen LogP) is 4.62. The van der Waals surface area contributed by atoms with Crippen LogP contribution in [0.2, 0.25) is 19.6 Å². The second-order valence-electron chi connectivity index (χ2n) is 5.56. The lowest BCUT2D eigenvalue weighted by Crippen LogP contribution is -2.49. The lowest BCUT2D eigenvalue weighted by molar-refractivity contribution is -0.251. The van der Waals surface area contributed by atoms with Crippen molar-refractivity contribution in [3.63, 3.8) is 0 Å². The summed E-state index contributed by atoms with van der Waals surface area (Å²) in [5.74, 6) is 0. The summed E-state index contributed by atoms with van der Waals surface area (Å²) in [6, 6.07) is 6.50. The minimum absolute atomic E-state index is 0.194. The summed E-state index contributed by atoms with van der Waals surface area (Å²) in [7, 11) is -2.33. The maximum absolute atomic E-state index is 13.4. The van der Waals surface area contributed by atoms with E-state index < -0.39 is 20.1 Å². The highest BCUT2D eigenvalue weighted by atomic mass is 28.4. The third-order valence-electron chi connectivity index (χ3n) is 2.71. The van der Waals surface area contributed by atoms with Gasteiger partial charge in [0.15, 0.2) is 13.9 Å². The van der Waals surface area contributed by atoms with Gasteiger partial charge in [0.05, 0.1) is 0 Å². The number of benzene rings is 1. The molecular formula is C13H19F3OSi. The summed E-state index contributed by atoms with van der Waals surface area (Å²) in [5, 5.41) is 0. The highest BCUT2D eigenvalue weighted by molar-refractivity contribution is 6.69. The van der Waals surface area contributed by atoms with Gasteiger partial charge in [-0.2, -0.15) is 13.2 Å². The SMILES string of the molecule is Cc1ccccc1C(C)(O[Si](C)(C)C)C(F)(F)F. The van der Waals surface area contributed by atoms with E-state index in [-0.39, 0.29) is 5.56 Å². The first-order valence-corrected chi connectivity index (χ1v) is 9.21. The van der Waals surface area contributed by atoms with Gasteiger partial charge in [-0.15, -0.1) is 0 Å². The summed E-state index contributed by atoms with van der Waals surface area (Å²) < 4.78 is 45.7. The molecule has 0 radical (unpaired) electrons. The topological polar surface area (TPSA) is 9.23 Å². The first-order valence-electron chi connectivity index (χ1n) is 5.80. The molecular weight excluding hydrogens is 257 g/mol. The fourth-order valence-electron chi connectivity index (χ4n) is 1.99. The fraction of sp³-hybridized carbons (Fsp3) is 0.538. The predicted molar refractivity (Wildman–Crippen MR) is 69.0 cm³/mol. The minimum atomic E-state index is -4.43. The van der Waals surface area contributed by atoms with E-state index in [1.165, 1.54) is 6.07 Å². The second-order valence-corrected chi connectivity index (χ2v) is 9.99. The molecule has 0 saturated carbocycles. The lowest BCUT2D eigenvalue weighted by atomic mass is 9.91. The van der Waals surface area contributed by atoms with Gasteiger partial charge in [-0.25, -0.2) is 0 Å². The van der Waals surface area contributed by atoms with Crippen LogP contribution in [0.25, 0.3) is 0 Å². The number of hydrogen-bond acceptors (Lipinski definition) is 1. The third-order valence-corrected chi connectivity index (χ3v) is 3.73. The van der Waals surface area contributed by atoms with Gasteiger partial charge >= 0.3 is 6.18 Å². The smallest absolute Gasteiger partial charge is 0.401 e. The Hall–Kier alpha value is -0.813. The quantitative estimate of drug-likeness (QED) is 0.732. The first kappa shape index (κ1) is 15.2. The Morgan fingerprint density at radius 2 is 1.56 bits per heavy atom. The Bertz CT molecular complexity index is 423. The van der Waals surface area contributed by atoms with Crippen molar-refractivity contribution < 1.29 is 17.6 Å². The first-order chi connectivity index (χ1) is 7.97. The van der Waals surface area contributed by atoms with Crippen molar-refractivity contribution in [3.05, 3.63) is 35.4 Å². The molecule has 18 heavy (non-hydrogen) atoms. The van der Waals surface area contributed by atoms with Gasteiger partial charge in [0.25, 0.3) is 0 Å². The van der Waals surface area contributed by atoms with Crippen molar-refractivity contribution >= 4 is 8.32 Å². The standard InChI is InChI=1S/C13H19F3OSi/c1-10-8-6-7-9-11(10)12(2,13(14,15)16)17-18(3,4)5/h6-9H,1-5H3. The van der Waals surface area contributed by atoms with Crippen LogP contribution in [0.1, 0.15) is 18.1 Å². The fourth-order valence-corrected chi connectivity index (χ4v) is 3.44. The van der Waals surface area contributed by atoms with E-state index in [2.05, 4.69) is 0 Å². The molecule has 0 aliphatic heterocycles. The van der Waals surface area contributed by atoms with Gasteiger partial charge in [0.2, 0.25) is 0 Å². The molecule has 1 unspecified atom stereocenters. The molecule has 0 spiro atoms. The zero-order chi connectivity index (χ0) is 14.2. The van der Waals surface area contributed by atoms with Crippen molar-refractivity contribution in [2.45, 2.75) is 45.3 Å². The minimum Gasteiger partial charge on any atom is -0.401 e. The van der Waals surface area contributed by atoms with E-state index in [9.17, 15) is 13.2 Å². The van der Waals surface area contributed by atoms with E-state index in [4.69, 9.17) is 4.43 Å². The van der Waals surface area contributed by atoms with E-state index in [1.54, 1.807) is 44.8 Å². The van der Waals surface area contributed by atoms with Crippen LogP contribution in [0.5, 0.6) is 0 Å². The zero-order valence-electron chi connectivity index (χ0n) is 11.4. The van der Waals surface area contributed by atoms with Crippen LogP contribution in [-0.2, 0) is 10.0 Å². The molecule has 102 valence electrons. The number of aryl methyl sites for hydroxylation is 1. The third kappa shape index (κ3) is 3.14. The number of rotatable bonds is 3. The van der Waals surface area contributed by atoms with Crippen molar-refractivity contribution in [3.8, 4) is 0 Å². The van der Waals surface area contributed by atoms with Crippen LogP contribution >= 0.6 is 0 Å². The molecule has 0 fully saturated rings. The maximum atomic E-state index is 13.4. The summed E-state index contributed by atoms with van der Waals surface area (Å²) in [5.41, 5.74) is -1.45. The number of halogens is 3. The Kier molecular flexibility index (Phi) is 3.98. The van der Waals surface area contributed by atoms with Crippen LogP contribution < -0.4 is 0 Å². The van der Waals surface area contributed by atoms with Gasteiger partial charge in [-0.1, -0.05) is 24.3 Å². The van der Waals surface area contributed by atoms with Crippen LogP contribution in [-0.4, -0.2) is 14.5 Å². The highest BCUT2D eigenvalue weighted by Gasteiger charge is 2.55. The molecule has 1 nitrogen and oxygen atoms in total.